The van der Waals surface area contributed by atoms with Crippen LogP contribution in [0, 0.1) is 0 Å². The minimum Gasteiger partial charge on any atom is -0.306 e. The second kappa shape index (κ2) is 5.45. The maximum absolute atomic E-state index is 3.89. The first-order chi connectivity index (χ1) is 8.43. The Bertz CT molecular complexity index is 369. The molecule has 1 aliphatic heterocycles. The quantitative estimate of drug-likeness (QED) is 0.788. The highest BCUT2D eigenvalue weighted by atomic mass is 32.2. The number of hydrogen-bond donors (Lipinski definition) is 1. The van der Waals surface area contributed by atoms with E-state index in [4.69, 9.17) is 0 Å². The van der Waals surface area contributed by atoms with Crippen LogP contribution in [0.5, 0.6) is 0 Å². The van der Waals surface area contributed by atoms with Crippen LogP contribution in [0.4, 0.5) is 0 Å². The van der Waals surface area contributed by atoms with Gasteiger partial charge in [0.1, 0.15) is 0 Å². The number of hydrogen-bond acceptors (Lipinski definition) is 2. The maximum atomic E-state index is 3.89. The van der Waals surface area contributed by atoms with Crippen molar-refractivity contribution in [1.82, 2.24) is 5.32 Å². The number of rotatable bonds is 2. The van der Waals surface area contributed by atoms with Gasteiger partial charge in [0.05, 0.1) is 0 Å². The van der Waals surface area contributed by atoms with Crippen LogP contribution in [0.25, 0.3) is 0 Å². The first kappa shape index (κ1) is 11.6. The highest BCUT2D eigenvalue weighted by molar-refractivity contribution is 7.99. The van der Waals surface area contributed by atoms with Crippen molar-refractivity contribution in [3.05, 3.63) is 29.8 Å². The minimum absolute atomic E-state index is 0.597. The van der Waals surface area contributed by atoms with E-state index in [9.17, 15) is 0 Å². The van der Waals surface area contributed by atoms with Gasteiger partial charge in [-0.25, -0.2) is 0 Å². The summed E-state index contributed by atoms with van der Waals surface area (Å²) >= 11 is 2.01. The lowest BCUT2D eigenvalue weighted by Crippen LogP contribution is -2.32. The molecule has 1 unspecified atom stereocenters. The van der Waals surface area contributed by atoms with Crippen molar-refractivity contribution in [2.24, 2.45) is 0 Å². The van der Waals surface area contributed by atoms with Gasteiger partial charge in [0.15, 0.2) is 0 Å². The fraction of sp³-hybridized carbons (Fsp3) is 0.600. The molecule has 3 rings (SSSR count). The molecule has 0 spiro atoms. The van der Waals surface area contributed by atoms with Crippen molar-refractivity contribution in [3.63, 3.8) is 0 Å². The Morgan fingerprint density at radius 3 is 2.59 bits per heavy atom. The van der Waals surface area contributed by atoms with Gasteiger partial charge in [-0.3, -0.25) is 0 Å². The molecule has 2 heteroatoms. The highest BCUT2D eigenvalue weighted by Gasteiger charge is 2.25. The van der Waals surface area contributed by atoms with Crippen molar-refractivity contribution in [2.45, 2.75) is 55.5 Å². The lowest BCUT2D eigenvalue weighted by atomic mass is 10.0. The molecule has 92 valence electrons. The minimum atomic E-state index is 0.597. The SMILES string of the molecule is c1ccc2c(c1)SCC2NC1CCCCCC1. The summed E-state index contributed by atoms with van der Waals surface area (Å²) in [4.78, 5) is 1.48. The summed E-state index contributed by atoms with van der Waals surface area (Å²) in [5.41, 5.74) is 1.53. The summed E-state index contributed by atoms with van der Waals surface area (Å²) in [6.45, 7) is 0. The second-order valence-corrected chi connectivity index (χ2v) is 6.32. The molecule has 1 heterocycles. The first-order valence-electron chi connectivity index (χ1n) is 6.91. The third-order valence-corrected chi connectivity index (χ3v) is 5.17. The summed E-state index contributed by atoms with van der Waals surface area (Å²) < 4.78 is 0. The van der Waals surface area contributed by atoms with Gasteiger partial charge in [-0.05, 0) is 24.5 Å². The summed E-state index contributed by atoms with van der Waals surface area (Å²) in [7, 11) is 0. The number of fused-ring (bicyclic) bond motifs is 1. The summed E-state index contributed by atoms with van der Waals surface area (Å²) in [5, 5.41) is 3.89. The molecule has 1 nitrogen and oxygen atoms in total. The van der Waals surface area contributed by atoms with E-state index in [0.29, 0.717) is 6.04 Å². The lowest BCUT2D eigenvalue weighted by Gasteiger charge is -2.21. The van der Waals surface area contributed by atoms with Crippen LogP contribution < -0.4 is 5.32 Å². The molecule has 17 heavy (non-hydrogen) atoms. The van der Waals surface area contributed by atoms with Crippen molar-refractivity contribution in [3.8, 4) is 0 Å². The van der Waals surface area contributed by atoms with E-state index in [1.54, 1.807) is 0 Å². The molecule has 0 radical (unpaired) electrons. The van der Waals surface area contributed by atoms with E-state index in [1.165, 1.54) is 54.7 Å². The molecule has 1 aliphatic carbocycles. The van der Waals surface area contributed by atoms with Gasteiger partial charge >= 0.3 is 0 Å². The molecule has 1 aromatic carbocycles. The summed E-state index contributed by atoms with van der Waals surface area (Å²) in [6, 6.07) is 10.2. The Morgan fingerprint density at radius 2 is 1.76 bits per heavy atom. The predicted octanol–water partition coefficient (Wildman–Crippen LogP) is 4.15. The van der Waals surface area contributed by atoms with Gasteiger partial charge in [-0.2, -0.15) is 0 Å². The third-order valence-electron chi connectivity index (χ3n) is 3.99. The Kier molecular flexibility index (Phi) is 3.72. The zero-order valence-corrected chi connectivity index (χ0v) is 11.1. The van der Waals surface area contributed by atoms with Gasteiger partial charge in [-0.15, -0.1) is 11.8 Å². The van der Waals surface area contributed by atoms with E-state index in [0.717, 1.165) is 6.04 Å². The molecule has 1 N–H and O–H groups in total. The van der Waals surface area contributed by atoms with E-state index < -0.39 is 0 Å². The van der Waals surface area contributed by atoms with Crippen LogP contribution in [0.2, 0.25) is 0 Å². The van der Waals surface area contributed by atoms with Gasteiger partial charge < -0.3 is 5.32 Å². The molecule has 0 aromatic heterocycles. The van der Waals surface area contributed by atoms with E-state index >= 15 is 0 Å². The molecule has 1 saturated carbocycles. The Balaban J connectivity index is 1.66. The van der Waals surface area contributed by atoms with E-state index in [2.05, 4.69) is 29.6 Å². The van der Waals surface area contributed by atoms with Crippen molar-refractivity contribution < 1.29 is 0 Å². The molecule has 0 amide bonds. The molecule has 2 aliphatic rings. The molecular formula is C15H21NS. The molecular weight excluding hydrogens is 226 g/mol. The summed E-state index contributed by atoms with van der Waals surface area (Å²) in [6.07, 6.45) is 8.47. The van der Waals surface area contributed by atoms with Crippen LogP contribution in [-0.2, 0) is 0 Å². The Labute approximate surface area is 108 Å². The highest BCUT2D eigenvalue weighted by Crippen LogP contribution is 2.38. The van der Waals surface area contributed by atoms with Crippen LogP contribution in [-0.4, -0.2) is 11.8 Å². The van der Waals surface area contributed by atoms with Crippen LogP contribution in [0.1, 0.15) is 50.1 Å². The monoisotopic (exact) mass is 247 g/mol. The number of thioether (sulfide) groups is 1. The normalized spacial score (nSPS) is 25.5. The largest absolute Gasteiger partial charge is 0.306 e. The lowest BCUT2D eigenvalue weighted by molar-refractivity contribution is 0.418. The molecule has 0 saturated heterocycles. The van der Waals surface area contributed by atoms with Crippen molar-refractivity contribution >= 4 is 11.8 Å². The number of nitrogens with one attached hydrogen (secondary N) is 1. The average molecular weight is 247 g/mol. The van der Waals surface area contributed by atoms with Crippen molar-refractivity contribution in [2.75, 3.05) is 5.75 Å². The standard InChI is InChI=1S/C15H21NS/c1-2-4-8-12(7-3-1)16-14-11-17-15-10-6-5-9-13(14)15/h5-6,9-10,12,14,16H,1-4,7-8,11H2. The van der Waals surface area contributed by atoms with Crippen LogP contribution in [0.3, 0.4) is 0 Å². The van der Waals surface area contributed by atoms with Gasteiger partial charge in [0, 0.05) is 22.7 Å². The average Bonchev–Trinajstić information content (AvgIpc) is 2.59. The predicted molar refractivity (Wildman–Crippen MR) is 74.5 cm³/mol. The Morgan fingerprint density at radius 1 is 1.00 bits per heavy atom. The smallest absolute Gasteiger partial charge is 0.0428 e. The fourth-order valence-corrected chi connectivity index (χ4v) is 4.20. The van der Waals surface area contributed by atoms with Gasteiger partial charge in [0.25, 0.3) is 0 Å². The Hall–Kier alpha value is -0.470. The van der Waals surface area contributed by atoms with Crippen LogP contribution in [0.15, 0.2) is 29.2 Å². The van der Waals surface area contributed by atoms with E-state index in [-0.39, 0.29) is 0 Å². The van der Waals surface area contributed by atoms with Gasteiger partial charge in [0.2, 0.25) is 0 Å². The maximum Gasteiger partial charge on any atom is 0.0428 e. The first-order valence-corrected chi connectivity index (χ1v) is 7.90. The zero-order valence-electron chi connectivity index (χ0n) is 10.3. The summed E-state index contributed by atoms with van der Waals surface area (Å²) in [5.74, 6) is 1.22. The molecule has 0 bridgehead atoms. The third kappa shape index (κ3) is 2.69. The van der Waals surface area contributed by atoms with Crippen molar-refractivity contribution in [1.29, 1.82) is 0 Å². The zero-order chi connectivity index (χ0) is 11.5. The number of benzene rings is 1. The second-order valence-electron chi connectivity index (χ2n) is 5.26. The molecule has 1 fully saturated rings. The van der Waals surface area contributed by atoms with Crippen LogP contribution >= 0.6 is 11.8 Å². The van der Waals surface area contributed by atoms with Gasteiger partial charge in [-0.1, -0.05) is 43.9 Å². The van der Waals surface area contributed by atoms with E-state index in [1.807, 2.05) is 11.8 Å². The fourth-order valence-electron chi connectivity index (χ4n) is 3.03. The topological polar surface area (TPSA) is 12.0 Å². The molecule has 1 atom stereocenters. The molecule has 1 aromatic rings.